The van der Waals surface area contributed by atoms with Gasteiger partial charge in [-0.25, -0.2) is 13.1 Å². The number of sulfonamides is 1. The fourth-order valence-corrected chi connectivity index (χ4v) is 3.47. The van der Waals surface area contributed by atoms with Gasteiger partial charge in [-0.2, -0.15) is 0 Å². The van der Waals surface area contributed by atoms with E-state index in [0.717, 1.165) is 0 Å². The van der Waals surface area contributed by atoms with Crippen LogP contribution in [0.15, 0.2) is 29.2 Å². The van der Waals surface area contributed by atoms with Gasteiger partial charge in [0.15, 0.2) is 0 Å². The van der Waals surface area contributed by atoms with Gasteiger partial charge in [-0.05, 0) is 38.5 Å². The molecule has 27 heavy (non-hydrogen) atoms. The molecule has 0 spiro atoms. The van der Waals surface area contributed by atoms with Gasteiger partial charge in [0.05, 0.1) is 4.90 Å². The summed E-state index contributed by atoms with van der Waals surface area (Å²) in [5.74, 6) is -0.233. The van der Waals surface area contributed by atoms with Crippen LogP contribution in [0.5, 0.6) is 0 Å². The highest BCUT2D eigenvalue weighted by atomic mass is 35.5. The van der Waals surface area contributed by atoms with E-state index in [1.807, 2.05) is 13.8 Å². The number of anilines is 1. The van der Waals surface area contributed by atoms with Crippen molar-refractivity contribution in [1.29, 1.82) is 0 Å². The summed E-state index contributed by atoms with van der Waals surface area (Å²) >= 11 is 0. The van der Waals surface area contributed by atoms with E-state index in [9.17, 15) is 18.0 Å². The summed E-state index contributed by atoms with van der Waals surface area (Å²) < 4.78 is 26.5. The van der Waals surface area contributed by atoms with Crippen LogP contribution in [0.2, 0.25) is 0 Å². The van der Waals surface area contributed by atoms with Gasteiger partial charge in [-0.1, -0.05) is 6.07 Å². The molecule has 0 saturated carbocycles. The van der Waals surface area contributed by atoms with Crippen LogP contribution in [0.25, 0.3) is 0 Å². The number of nitrogens with two attached hydrogens (primary N) is 1. The van der Waals surface area contributed by atoms with Crippen molar-refractivity contribution in [1.82, 2.24) is 9.62 Å². The third-order valence-corrected chi connectivity index (χ3v) is 5.23. The standard InChI is InChI=1S/C17H28N4O4S.ClH/c1-3-21(4-2)17(23)10-6-9-16(22)20-14-7-5-8-15(13-14)26(24,25)19-12-11-18;/h5,7-8,13,19H,3-4,6,9-12,18H2,1-2H3,(H,20,22);1H. The maximum atomic E-state index is 12.1. The molecule has 0 fully saturated rings. The highest BCUT2D eigenvalue weighted by Crippen LogP contribution is 2.16. The van der Waals surface area contributed by atoms with Gasteiger partial charge in [0.2, 0.25) is 21.8 Å². The fourth-order valence-electron chi connectivity index (χ4n) is 2.38. The van der Waals surface area contributed by atoms with Crippen LogP contribution in [0.3, 0.4) is 0 Å². The van der Waals surface area contributed by atoms with Gasteiger partial charge in [-0.15, -0.1) is 12.4 Å². The minimum Gasteiger partial charge on any atom is -0.343 e. The summed E-state index contributed by atoms with van der Waals surface area (Å²) in [6.07, 6.45) is 0.944. The van der Waals surface area contributed by atoms with Crippen molar-refractivity contribution >= 4 is 39.9 Å². The Morgan fingerprint density at radius 1 is 1.15 bits per heavy atom. The monoisotopic (exact) mass is 420 g/mol. The zero-order valence-electron chi connectivity index (χ0n) is 15.7. The molecule has 0 bridgehead atoms. The summed E-state index contributed by atoms with van der Waals surface area (Å²) in [7, 11) is -3.66. The van der Waals surface area contributed by atoms with E-state index in [-0.39, 0.29) is 48.6 Å². The third kappa shape index (κ3) is 8.70. The molecule has 0 saturated heterocycles. The number of rotatable bonds is 11. The number of nitrogens with zero attached hydrogens (tertiary/aromatic N) is 1. The van der Waals surface area contributed by atoms with Crippen molar-refractivity contribution in [3.05, 3.63) is 24.3 Å². The molecule has 10 heteroatoms. The van der Waals surface area contributed by atoms with Crippen molar-refractivity contribution < 1.29 is 18.0 Å². The Balaban J connectivity index is 0.00000676. The van der Waals surface area contributed by atoms with E-state index in [2.05, 4.69) is 10.0 Å². The molecule has 1 aromatic rings. The summed E-state index contributed by atoms with van der Waals surface area (Å²) in [6, 6.07) is 5.99. The van der Waals surface area contributed by atoms with Crippen LogP contribution < -0.4 is 15.8 Å². The molecule has 0 aliphatic heterocycles. The maximum Gasteiger partial charge on any atom is 0.240 e. The first kappa shape index (κ1) is 25.3. The van der Waals surface area contributed by atoms with Gasteiger partial charge >= 0.3 is 0 Å². The van der Waals surface area contributed by atoms with E-state index in [1.165, 1.54) is 12.1 Å². The van der Waals surface area contributed by atoms with Crippen LogP contribution in [0, 0.1) is 0 Å². The molecular weight excluding hydrogens is 392 g/mol. The lowest BCUT2D eigenvalue weighted by Gasteiger charge is -2.18. The van der Waals surface area contributed by atoms with Crippen LogP contribution >= 0.6 is 12.4 Å². The van der Waals surface area contributed by atoms with E-state index < -0.39 is 10.0 Å². The molecule has 8 nitrogen and oxygen atoms in total. The molecule has 2 amide bonds. The molecule has 4 N–H and O–H groups in total. The minimum atomic E-state index is -3.66. The third-order valence-electron chi connectivity index (χ3n) is 3.78. The van der Waals surface area contributed by atoms with Crippen molar-refractivity contribution in [3.63, 3.8) is 0 Å². The number of amides is 2. The number of hydrogen-bond acceptors (Lipinski definition) is 5. The average Bonchev–Trinajstić information content (AvgIpc) is 2.61. The Kier molecular flexibility index (Phi) is 11.9. The van der Waals surface area contributed by atoms with E-state index in [1.54, 1.807) is 17.0 Å². The van der Waals surface area contributed by atoms with Crippen LogP contribution in [-0.4, -0.2) is 51.3 Å². The summed E-state index contributed by atoms with van der Waals surface area (Å²) in [5, 5.41) is 2.66. The van der Waals surface area contributed by atoms with Crippen LogP contribution in [0.4, 0.5) is 5.69 Å². The number of nitrogens with one attached hydrogen (secondary N) is 2. The predicted octanol–water partition coefficient (Wildman–Crippen LogP) is 1.32. The lowest BCUT2D eigenvalue weighted by Crippen LogP contribution is -2.30. The number of carbonyl (C=O) groups is 2. The predicted molar refractivity (Wildman–Crippen MR) is 108 cm³/mol. The van der Waals surface area contributed by atoms with Gasteiger partial charge in [0.25, 0.3) is 0 Å². The minimum absolute atomic E-state index is 0. The van der Waals surface area contributed by atoms with E-state index in [0.29, 0.717) is 31.6 Å². The molecule has 1 aromatic carbocycles. The van der Waals surface area contributed by atoms with Crippen molar-refractivity contribution in [2.75, 3.05) is 31.5 Å². The first-order valence-corrected chi connectivity index (χ1v) is 10.2. The first-order valence-electron chi connectivity index (χ1n) is 8.71. The highest BCUT2D eigenvalue weighted by Gasteiger charge is 2.14. The Bertz CT molecular complexity index is 709. The highest BCUT2D eigenvalue weighted by molar-refractivity contribution is 7.89. The molecule has 0 aliphatic carbocycles. The van der Waals surface area contributed by atoms with E-state index >= 15 is 0 Å². The van der Waals surface area contributed by atoms with Crippen molar-refractivity contribution in [2.45, 2.75) is 38.0 Å². The van der Waals surface area contributed by atoms with Crippen molar-refractivity contribution in [2.24, 2.45) is 5.73 Å². The molecule has 0 heterocycles. The lowest BCUT2D eigenvalue weighted by atomic mass is 10.2. The lowest BCUT2D eigenvalue weighted by molar-refractivity contribution is -0.131. The van der Waals surface area contributed by atoms with Crippen LogP contribution in [-0.2, 0) is 19.6 Å². The summed E-state index contributed by atoms with van der Waals surface area (Å²) in [5.41, 5.74) is 5.69. The number of benzene rings is 1. The fraction of sp³-hybridized carbons (Fsp3) is 0.529. The second kappa shape index (κ2) is 12.7. The van der Waals surface area contributed by atoms with Gasteiger partial charge in [0, 0.05) is 44.7 Å². The van der Waals surface area contributed by atoms with Crippen molar-refractivity contribution in [3.8, 4) is 0 Å². The number of hydrogen-bond donors (Lipinski definition) is 3. The smallest absolute Gasteiger partial charge is 0.240 e. The molecular formula is C17H29ClN4O4S. The second-order valence-corrected chi connectivity index (χ2v) is 7.45. The second-order valence-electron chi connectivity index (χ2n) is 5.68. The van der Waals surface area contributed by atoms with Gasteiger partial charge in [-0.3, -0.25) is 9.59 Å². The summed E-state index contributed by atoms with van der Waals surface area (Å²) in [4.78, 5) is 25.7. The number of carbonyl (C=O) groups excluding carboxylic acids is 2. The topological polar surface area (TPSA) is 122 Å². The molecule has 0 unspecified atom stereocenters. The first-order chi connectivity index (χ1) is 12.3. The molecule has 154 valence electrons. The molecule has 0 atom stereocenters. The Morgan fingerprint density at radius 3 is 2.41 bits per heavy atom. The molecule has 0 aromatic heterocycles. The summed E-state index contributed by atoms with van der Waals surface area (Å²) in [6.45, 7) is 5.47. The Labute approximate surface area is 167 Å². The molecule has 0 radical (unpaired) electrons. The van der Waals surface area contributed by atoms with Crippen LogP contribution in [0.1, 0.15) is 33.1 Å². The zero-order valence-corrected chi connectivity index (χ0v) is 17.4. The Hall–Kier alpha value is -1.68. The van der Waals surface area contributed by atoms with Gasteiger partial charge < -0.3 is 16.0 Å². The maximum absolute atomic E-state index is 12.1. The zero-order chi connectivity index (χ0) is 19.6. The van der Waals surface area contributed by atoms with Gasteiger partial charge in [0.1, 0.15) is 0 Å². The largest absolute Gasteiger partial charge is 0.343 e. The molecule has 1 rings (SSSR count). The van der Waals surface area contributed by atoms with E-state index in [4.69, 9.17) is 5.73 Å². The Morgan fingerprint density at radius 2 is 1.81 bits per heavy atom. The SMILES string of the molecule is CCN(CC)C(=O)CCCC(=O)Nc1cccc(S(=O)(=O)NCCN)c1.Cl. The quantitative estimate of drug-likeness (QED) is 0.498. The normalized spacial score (nSPS) is 10.8. The molecule has 0 aliphatic rings. The average molecular weight is 421 g/mol. The number of halogens is 1.